The summed E-state index contributed by atoms with van der Waals surface area (Å²) in [5.74, 6) is 0.823. The molecule has 0 aromatic heterocycles. The number of ether oxygens (including phenoxy) is 1. The number of hydrogen-bond donors (Lipinski definition) is 1. The summed E-state index contributed by atoms with van der Waals surface area (Å²) in [6, 6.07) is 16.4. The first-order valence-corrected chi connectivity index (χ1v) is 8.30. The first kappa shape index (κ1) is 14.5. The number of halogens is 1. The fourth-order valence-electron chi connectivity index (χ4n) is 2.15. The second-order valence-electron chi connectivity index (χ2n) is 4.64. The molecule has 1 heterocycles. The van der Waals surface area contributed by atoms with Crippen molar-refractivity contribution in [1.29, 1.82) is 0 Å². The van der Waals surface area contributed by atoms with Crippen molar-refractivity contribution < 1.29 is 4.74 Å². The summed E-state index contributed by atoms with van der Waals surface area (Å²) in [6.07, 6.45) is 0. The predicted octanol–water partition coefficient (Wildman–Crippen LogP) is 4.71. The first-order valence-electron chi connectivity index (χ1n) is 6.63. The molecule has 0 aliphatic carbocycles. The van der Waals surface area contributed by atoms with Crippen LogP contribution in [0.4, 0.5) is 5.69 Å². The van der Waals surface area contributed by atoms with Gasteiger partial charge in [0.2, 0.25) is 0 Å². The molecular formula is C16H15BrN2OS. The number of anilines is 1. The highest BCUT2D eigenvalue weighted by Crippen LogP contribution is 2.36. The molecule has 2 aromatic rings. The van der Waals surface area contributed by atoms with Gasteiger partial charge in [-0.05, 0) is 39.7 Å². The van der Waals surface area contributed by atoms with Crippen LogP contribution in [-0.4, -0.2) is 18.8 Å². The van der Waals surface area contributed by atoms with Crippen LogP contribution in [0.25, 0.3) is 0 Å². The minimum absolute atomic E-state index is 0.399. The number of rotatable bonds is 3. The third kappa shape index (κ3) is 3.41. The topological polar surface area (TPSA) is 33.6 Å². The summed E-state index contributed by atoms with van der Waals surface area (Å²) in [4.78, 5) is 4.58. The van der Waals surface area contributed by atoms with Gasteiger partial charge in [-0.3, -0.25) is 4.99 Å². The van der Waals surface area contributed by atoms with Gasteiger partial charge in [-0.25, -0.2) is 0 Å². The van der Waals surface area contributed by atoms with E-state index in [2.05, 4.69) is 50.5 Å². The Morgan fingerprint density at radius 2 is 2.05 bits per heavy atom. The van der Waals surface area contributed by atoms with E-state index in [1.54, 1.807) is 18.9 Å². The number of benzene rings is 2. The molecule has 1 atom stereocenters. The van der Waals surface area contributed by atoms with E-state index in [1.807, 2.05) is 24.3 Å². The minimum Gasteiger partial charge on any atom is -0.496 e. The van der Waals surface area contributed by atoms with E-state index in [1.165, 1.54) is 5.56 Å². The molecule has 0 radical (unpaired) electrons. The van der Waals surface area contributed by atoms with Crippen molar-refractivity contribution in [3.63, 3.8) is 0 Å². The van der Waals surface area contributed by atoms with Gasteiger partial charge in [-0.1, -0.05) is 42.1 Å². The predicted molar refractivity (Wildman–Crippen MR) is 93.4 cm³/mol. The Morgan fingerprint density at radius 3 is 2.76 bits per heavy atom. The van der Waals surface area contributed by atoms with Crippen LogP contribution >= 0.6 is 27.7 Å². The molecule has 0 bridgehead atoms. The molecular weight excluding hydrogens is 348 g/mol. The molecule has 0 amide bonds. The van der Waals surface area contributed by atoms with E-state index in [9.17, 15) is 0 Å². The Labute approximate surface area is 136 Å². The van der Waals surface area contributed by atoms with E-state index < -0.39 is 0 Å². The van der Waals surface area contributed by atoms with E-state index in [4.69, 9.17) is 4.74 Å². The van der Waals surface area contributed by atoms with Gasteiger partial charge in [0.15, 0.2) is 5.17 Å². The maximum atomic E-state index is 5.23. The zero-order valence-corrected chi connectivity index (χ0v) is 13.9. The summed E-state index contributed by atoms with van der Waals surface area (Å²) >= 11 is 5.26. The highest BCUT2D eigenvalue weighted by molar-refractivity contribution is 9.10. The van der Waals surface area contributed by atoms with Gasteiger partial charge in [0.25, 0.3) is 0 Å². The lowest BCUT2D eigenvalue weighted by molar-refractivity contribution is 0.412. The lowest BCUT2D eigenvalue weighted by Crippen LogP contribution is -2.05. The molecule has 1 unspecified atom stereocenters. The fraction of sp³-hybridized carbons (Fsp3) is 0.188. The summed E-state index contributed by atoms with van der Waals surface area (Å²) in [5, 5.41) is 4.72. The Hall–Kier alpha value is -1.46. The molecule has 3 nitrogen and oxygen atoms in total. The monoisotopic (exact) mass is 362 g/mol. The van der Waals surface area contributed by atoms with Gasteiger partial charge in [-0.15, -0.1) is 0 Å². The van der Waals surface area contributed by atoms with E-state index in [-0.39, 0.29) is 0 Å². The highest BCUT2D eigenvalue weighted by Gasteiger charge is 2.21. The van der Waals surface area contributed by atoms with Crippen molar-refractivity contribution in [3.8, 4) is 5.75 Å². The number of hydrogen-bond acceptors (Lipinski definition) is 4. The van der Waals surface area contributed by atoms with Crippen LogP contribution in [0, 0.1) is 0 Å². The van der Waals surface area contributed by atoms with Crippen LogP contribution in [0.1, 0.15) is 10.8 Å². The highest BCUT2D eigenvalue weighted by atomic mass is 79.9. The number of aliphatic imine (C=N–C) groups is 1. The Bertz CT molecular complexity index is 661. The zero-order chi connectivity index (χ0) is 14.7. The van der Waals surface area contributed by atoms with Crippen molar-refractivity contribution in [2.24, 2.45) is 4.99 Å². The summed E-state index contributed by atoms with van der Waals surface area (Å²) in [5.41, 5.74) is 2.32. The van der Waals surface area contributed by atoms with Crippen LogP contribution in [0.15, 0.2) is 58.0 Å². The van der Waals surface area contributed by atoms with Crippen molar-refractivity contribution >= 4 is 38.5 Å². The lowest BCUT2D eigenvalue weighted by Gasteiger charge is -2.10. The average Bonchev–Trinajstić information content (AvgIpc) is 2.97. The van der Waals surface area contributed by atoms with Gasteiger partial charge in [0.1, 0.15) is 5.75 Å². The third-order valence-electron chi connectivity index (χ3n) is 3.23. The van der Waals surface area contributed by atoms with Gasteiger partial charge < -0.3 is 10.1 Å². The maximum absolute atomic E-state index is 5.23. The largest absolute Gasteiger partial charge is 0.496 e. The second kappa shape index (κ2) is 6.54. The summed E-state index contributed by atoms with van der Waals surface area (Å²) in [6.45, 7) is 0.814. The third-order valence-corrected chi connectivity index (χ3v) is 5.01. The van der Waals surface area contributed by atoms with Gasteiger partial charge in [0, 0.05) is 5.69 Å². The molecule has 0 saturated carbocycles. The van der Waals surface area contributed by atoms with Crippen LogP contribution < -0.4 is 10.1 Å². The van der Waals surface area contributed by atoms with Crippen molar-refractivity contribution in [2.75, 3.05) is 19.0 Å². The van der Waals surface area contributed by atoms with E-state index >= 15 is 0 Å². The Morgan fingerprint density at radius 1 is 1.24 bits per heavy atom. The Kier molecular flexibility index (Phi) is 4.51. The minimum atomic E-state index is 0.399. The van der Waals surface area contributed by atoms with Crippen LogP contribution in [0.2, 0.25) is 0 Å². The van der Waals surface area contributed by atoms with Crippen LogP contribution in [0.5, 0.6) is 5.75 Å². The molecule has 1 aliphatic heterocycles. The number of methoxy groups -OCH3 is 1. The number of nitrogens with one attached hydrogen (secondary N) is 1. The molecule has 1 aliphatic rings. The van der Waals surface area contributed by atoms with Crippen LogP contribution in [0.3, 0.4) is 0 Å². The van der Waals surface area contributed by atoms with Gasteiger partial charge in [0.05, 0.1) is 23.4 Å². The van der Waals surface area contributed by atoms with Gasteiger partial charge >= 0.3 is 0 Å². The van der Waals surface area contributed by atoms with Gasteiger partial charge in [-0.2, -0.15) is 0 Å². The second-order valence-corrected chi connectivity index (χ2v) is 6.68. The molecule has 1 N–H and O–H groups in total. The molecule has 0 spiro atoms. The molecule has 0 fully saturated rings. The molecule has 108 valence electrons. The zero-order valence-electron chi connectivity index (χ0n) is 11.5. The van der Waals surface area contributed by atoms with E-state index in [0.29, 0.717) is 5.25 Å². The molecule has 21 heavy (non-hydrogen) atoms. The normalized spacial score (nSPS) is 17.4. The van der Waals surface area contributed by atoms with Crippen molar-refractivity contribution in [2.45, 2.75) is 5.25 Å². The number of amidine groups is 1. The molecule has 3 rings (SSSR count). The standard InChI is InChI=1S/C16H15BrN2OS/c1-20-14-8-7-12(9-13(14)17)19-16-18-10-15(21-16)11-5-3-2-4-6-11/h2-9,15H,10H2,1H3,(H,18,19). The van der Waals surface area contributed by atoms with Crippen LogP contribution in [-0.2, 0) is 0 Å². The Balaban J connectivity index is 1.66. The fourth-order valence-corrected chi connectivity index (χ4v) is 3.73. The summed E-state index contributed by atoms with van der Waals surface area (Å²) < 4.78 is 6.16. The summed E-state index contributed by atoms with van der Waals surface area (Å²) in [7, 11) is 1.66. The van der Waals surface area contributed by atoms with Crippen molar-refractivity contribution in [3.05, 3.63) is 58.6 Å². The molecule has 5 heteroatoms. The number of thioether (sulfide) groups is 1. The number of nitrogens with zero attached hydrogens (tertiary/aromatic N) is 1. The SMILES string of the molecule is COc1ccc(NC2=NCC(c3ccccc3)S2)cc1Br. The smallest absolute Gasteiger partial charge is 0.161 e. The quantitative estimate of drug-likeness (QED) is 0.857. The molecule has 2 aromatic carbocycles. The van der Waals surface area contributed by atoms with Crippen molar-refractivity contribution in [1.82, 2.24) is 0 Å². The first-order chi connectivity index (χ1) is 10.3. The maximum Gasteiger partial charge on any atom is 0.161 e. The molecule has 0 saturated heterocycles. The average molecular weight is 363 g/mol. The van der Waals surface area contributed by atoms with E-state index in [0.717, 1.165) is 27.6 Å². The lowest BCUT2D eigenvalue weighted by atomic mass is 10.1.